The molecule has 1 heterocycles. The van der Waals surface area contributed by atoms with Crippen molar-refractivity contribution >= 4 is 15.9 Å². The van der Waals surface area contributed by atoms with Crippen LogP contribution in [-0.2, 0) is 0 Å². The Morgan fingerprint density at radius 3 is 2.75 bits per heavy atom. The van der Waals surface area contributed by atoms with Gasteiger partial charge in [0.1, 0.15) is 10.6 Å². The molecule has 12 heavy (non-hydrogen) atoms. The van der Waals surface area contributed by atoms with Crippen molar-refractivity contribution in [3.8, 4) is 6.07 Å². The quantitative estimate of drug-likeness (QED) is 0.831. The highest BCUT2D eigenvalue weighted by atomic mass is 79.9. The van der Waals surface area contributed by atoms with Crippen molar-refractivity contribution in [2.75, 3.05) is 14.1 Å². The summed E-state index contributed by atoms with van der Waals surface area (Å²) in [5.74, 6) is 0. The number of nitrogens with one attached hydrogen (secondary N) is 1. The van der Waals surface area contributed by atoms with Crippen LogP contribution in [-0.4, -0.2) is 29.0 Å². The molecule has 1 aromatic rings. The maximum absolute atomic E-state index is 8.83. The third-order valence-electron chi connectivity index (χ3n) is 1.53. The highest BCUT2D eigenvalue weighted by Crippen LogP contribution is 2.21. The molecule has 64 valence electrons. The average Bonchev–Trinajstić information content (AvgIpc) is 2.38. The molecule has 0 radical (unpaired) electrons. The topological polar surface area (TPSA) is 55.7 Å². The number of hydrogen-bond acceptors (Lipinski definition) is 3. The van der Waals surface area contributed by atoms with Crippen LogP contribution in [0.15, 0.2) is 10.9 Å². The first-order chi connectivity index (χ1) is 5.66. The van der Waals surface area contributed by atoms with Crippen LogP contribution in [0.3, 0.4) is 0 Å². The van der Waals surface area contributed by atoms with Crippen LogP contribution in [0.2, 0.25) is 0 Å². The maximum Gasteiger partial charge on any atom is 0.141 e. The molecule has 0 aromatic carbocycles. The molecule has 4 nitrogen and oxygen atoms in total. The first kappa shape index (κ1) is 9.23. The number of halogens is 1. The summed E-state index contributed by atoms with van der Waals surface area (Å²) in [5.41, 5.74) is 0.794. The van der Waals surface area contributed by atoms with E-state index in [0.717, 1.165) is 5.69 Å². The van der Waals surface area contributed by atoms with Gasteiger partial charge in [0.2, 0.25) is 0 Å². The van der Waals surface area contributed by atoms with Crippen LogP contribution in [0.4, 0.5) is 0 Å². The van der Waals surface area contributed by atoms with E-state index >= 15 is 0 Å². The molecule has 1 unspecified atom stereocenters. The Morgan fingerprint density at radius 1 is 1.75 bits per heavy atom. The van der Waals surface area contributed by atoms with Gasteiger partial charge in [-0.15, -0.1) is 0 Å². The Bertz CT molecular complexity index is 299. The van der Waals surface area contributed by atoms with Gasteiger partial charge in [-0.2, -0.15) is 5.26 Å². The van der Waals surface area contributed by atoms with E-state index in [2.05, 4.69) is 32.0 Å². The van der Waals surface area contributed by atoms with E-state index in [1.807, 2.05) is 19.0 Å². The largest absolute Gasteiger partial charge is 0.345 e. The zero-order valence-corrected chi connectivity index (χ0v) is 8.46. The first-order valence-corrected chi connectivity index (χ1v) is 4.21. The van der Waals surface area contributed by atoms with Crippen LogP contribution in [0.1, 0.15) is 11.7 Å². The summed E-state index contributed by atoms with van der Waals surface area (Å²) >= 11 is 3.26. The van der Waals surface area contributed by atoms with Crippen molar-refractivity contribution in [2.45, 2.75) is 6.04 Å². The Kier molecular flexibility index (Phi) is 2.84. The number of nitriles is 1. The number of nitrogens with zero attached hydrogens (tertiary/aromatic N) is 3. The maximum atomic E-state index is 8.83. The Morgan fingerprint density at radius 2 is 2.42 bits per heavy atom. The number of H-pyrrole nitrogens is 1. The van der Waals surface area contributed by atoms with Gasteiger partial charge in [-0.25, -0.2) is 4.98 Å². The summed E-state index contributed by atoms with van der Waals surface area (Å²) in [6.07, 6.45) is 1.56. The highest BCUT2D eigenvalue weighted by Gasteiger charge is 2.17. The molecule has 0 aliphatic carbocycles. The minimum atomic E-state index is -0.276. The van der Waals surface area contributed by atoms with Crippen molar-refractivity contribution in [2.24, 2.45) is 0 Å². The van der Waals surface area contributed by atoms with Gasteiger partial charge in [0.15, 0.2) is 0 Å². The fourth-order valence-electron chi connectivity index (χ4n) is 0.918. The van der Waals surface area contributed by atoms with E-state index in [1.54, 1.807) is 6.33 Å². The van der Waals surface area contributed by atoms with Crippen molar-refractivity contribution in [3.63, 3.8) is 0 Å². The molecule has 0 amide bonds. The molecule has 0 fully saturated rings. The van der Waals surface area contributed by atoms with E-state index in [4.69, 9.17) is 5.26 Å². The van der Waals surface area contributed by atoms with Gasteiger partial charge >= 0.3 is 0 Å². The lowest BCUT2D eigenvalue weighted by Crippen LogP contribution is -2.18. The van der Waals surface area contributed by atoms with Gasteiger partial charge < -0.3 is 4.98 Å². The lowest BCUT2D eigenvalue weighted by atomic mass is 10.2. The van der Waals surface area contributed by atoms with Gasteiger partial charge in [0, 0.05) is 0 Å². The SMILES string of the molecule is CN(C)C(C#N)c1[nH]cnc1Br. The molecule has 1 atom stereocenters. The van der Waals surface area contributed by atoms with E-state index < -0.39 is 0 Å². The van der Waals surface area contributed by atoms with Gasteiger partial charge in [0.25, 0.3) is 0 Å². The molecule has 1 N–H and O–H groups in total. The van der Waals surface area contributed by atoms with Gasteiger partial charge in [-0.05, 0) is 30.0 Å². The fourth-order valence-corrected chi connectivity index (χ4v) is 1.35. The summed E-state index contributed by atoms with van der Waals surface area (Å²) in [4.78, 5) is 8.68. The predicted molar refractivity (Wildman–Crippen MR) is 48.3 cm³/mol. The first-order valence-electron chi connectivity index (χ1n) is 3.41. The van der Waals surface area contributed by atoms with Crippen molar-refractivity contribution in [1.82, 2.24) is 14.9 Å². The van der Waals surface area contributed by atoms with Gasteiger partial charge in [-0.1, -0.05) is 0 Å². The third kappa shape index (κ3) is 1.65. The third-order valence-corrected chi connectivity index (χ3v) is 2.16. The summed E-state index contributed by atoms with van der Waals surface area (Å²) in [6.45, 7) is 0. The fraction of sp³-hybridized carbons (Fsp3) is 0.429. The minimum Gasteiger partial charge on any atom is -0.345 e. The molecule has 0 saturated carbocycles. The second-order valence-corrected chi connectivity index (χ2v) is 3.35. The van der Waals surface area contributed by atoms with Crippen LogP contribution < -0.4 is 0 Å². The van der Waals surface area contributed by atoms with Crippen LogP contribution in [0, 0.1) is 11.3 Å². The van der Waals surface area contributed by atoms with Crippen molar-refractivity contribution in [3.05, 3.63) is 16.6 Å². The number of aromatic amines is 1. The summed E-state index contributed by atoms with van der Waals surface area (Å²) in [6, 6.07) is 1.89. The van der Waals surface area contributed by atoms with E-state index in [1.165, 1.54) is 0 Å². The highest BCUT2D eigenvalue weighted by molar-refractivity contribution is 9.10. The molecule has 1 aromatic heterocycles. The molecule has 0 bridgehead atoms. The molecular weight excluding hydrogens is 220 g/mol. The average molecular weight is 229 g/mol. The normalized spacial score (nSPS) is 12.9. The predicted octanol–water partition coefficient (Wildman–Crippen LogP) is 1.30. The van der Waals surface area contributed by atoms with Crippen LogP contribution >= 0.6 is 15.9 Å². The molecule has 0 aliphatic heterocycles. The second-order valence-electron chi connectivity index (χ2n) is 2.60. The summed E-state index contributed by atoms with van der Waals surface area (Å²) in [5, 5.41) is 8.83. The minimum absolute atomic E-state index is 0.276. The number of aromatic nitrogens is 2. The van der Waals surface area contributed by atoms with Crippen molar-refractivity contribution < 1.29 is 0 Å². The van der Waals surface area contributed by atoms with Crippen LogP contribution in [0.25, 0.3) is 0 Å². The molecule has 0 aliphatic rings. The molecule has 5 heteroatoms. The lowest BCUT2D eigenvalue weighted by molar-refractivity contribution is 0.352. The summed E-state index contributed by atoms with van der Waals surface area (Å²) < 4.78 is 0.697. The van der Waals surface area contributed by atoms with E-state index in [9.17, 15) is 0 Å². The summed E-state index contributed by atoms with van der Waals surface area (Å²) in [7, 11) is 3.70. The van der Waals surface area contributed by atoms with Crippen LogP contribution in [0.5, 0.6) is 0 Å². The number of hydrogen-bond donors (Lipinski definition) is 1. The van der Waals surface area contributed by atoms with Gasteiger partial charge in [-0.3, -0.25) is 4.90 Å². The smallest absolute Gasteiger partial charge is 0.141 e. The zero-order valence-electron chi connectivity index (χ0n) is 6.87. The molecule has 0 spiro atoms. The Labute approximate surface area is 79.3 Å². The second kappa shape index (κ2) is 3.70. The Hall–Kier alpha value is -0.860. The number of rotatable bonds is 2. The Balaban J connectivity index is 2.97. The molecule has 0 saturated heterocycles. The number of imidazole rings is 1. The molecular formula is C7H9BrN4. The van der Waals surface area contributed by atoms with E-state index in [-0.39, 0.29) is 6.04 Å². The zero-order chi connectivity index (χ0) is 9.14. The molecule has 1 rings (SSSR count). The monoisotopic (exact) mass is 228 g/mol. The standard InChI is InChI=1S/C7H9BrN4/c1-12(2)5(3-9)6-7(8)11-4-10-6/h4-5H,1-2H3,(H,10,11). The lowest BCUT2D eigenvalue weighted by Gasteiger charge is -2.15. The van der Waals surface area contributed by atoms with Crippen molar-refractivity contribution in [1.29, 1.82) is 5.26 Å². The van der Waals surface area contributed by atoms with E-state index in [0.29, 0.717) is 4.60 Å². The van der Waals surface area contributed by atoms with Gasteiger partial charge in [0.05, 0.1) is 18.1 Å².